The van der Waals surface area contributed by atoms with Crippen LogP contribution in [0.5, 0.6) is 0 Å². The van der Waals surface area contributed by atoms with E-state index >= 15 is 0 Å². The van der Waals surface area contributed by atoms with Crippen molar-refractivity contribution in [3.63, 3.8) is 0 Å². The molecule has 0 saturated carbocycles. The van der Waals surface area contributed by atoms with Crippen molar-refractivity contribution in [3.8, 4) is 0 Å². The molecule has 0 radical (unpaired) electrons. The predicted octanol–water partition coefficient (Wildman–Crippen LogP) is 4.17. The second kappa shape index (κ2) is 7.79. The van der Waals surface area contributed by atoms with E-state index < -0.39 is 23.5 Å². The zero-order valence-electron chi connectivity index (χ0n) is 16.3. The van der Waals surface area contributed by atoms with Crippen LogP contribution < -0.4 is 4.90 Å². The van der Waals surface area contributed by atoms with Gasteiger partial charge in [-0.15, -0.1) is 10.2 Å². The first-order chi connectivity index (χ1) is 14.4. The number of carbonyl (C=O) groups excluding carboxylic acids is 2. The first kappa shape index (κ1) is 19.9. The lowest BCUT2D eigenvalue weighted by Gasteiger charge is -2.22. The van der Waals surface area contributed by atoms with Gasteiger partial charge in [-0.25, -0.2) is 4.39 Å². The summed E-state index contributed by atoms with van der Waals surface area (Å²) in [6.45, 7) is 3.85. The number of hydrogen-bond donors (Lipinski definition) is 1. The lowest BCUT2D eigenvalue weighted by atomic mass is 9.95. The molecule has 3 aromatic rings. The molecule has 0 spiro atoms. The molecule has 1 N–H and O–H groups in total. The van der Waals surface area contributed by atoms with Gasteiger partial charge in [-0.05, 0) is 43.2 Å². The predicted molar refractivity (Wildman–Crippen MR) is 112 cm³/mol. The van der Waals surface area contributed by atoms with Crippen LogP contribution in [0.3, 0.4) is 0 Å². The molecule has 1 aliphatic rings. The fraction of sp³-hybridized carbons (Fsp3) is 0.182. The normalized spacial score (nSPS) is 18.2. The van der Waals surface area contributed by atoms with Gasteiger partial charge in [-0.3, -0.25) is 14.5 Å². The number of rotatable bonds is 4. The minimum atomic E-state index is -0.867. The third kappa shape index (κ3) is 3.39. The van der Waals surface area contributed by atoms with Crippen molar-refractivity contribution in [2.75, 3.05) is 4.90 Å². The van der Waals surface area contributed by atoms with Gasteiger partial charge in [0, 0.05) is 5.56 Å². The first-order valence-corrected chi connectivity index (χ1v) is 10.2. The molecule has 8 heteroatoms. The third-order valence-corrected chi connectivity index (χ3v) is 5.99. The average Bonchev–Trinajstić information content (AvgIpc) is 3.31. The van der Waals surface area contributed by atoms with E-state index in [9.17, 15) is 19.1 Å². The van der Waals surface area contributed by atoms with Gasteiger partial charge in [-0.2, -0.15) is 0 Å². The first-order valence-electron chi connectivity index (χ1n) is 9.36. The fourth-order valence-electron chi connectivity index (χ4n) is 3.34. The summed E-state index contributed by atoms with van der Waals surface area (Å²) >= 11 is 1.23. The molecule has 1 unspecified atom stereocenters. The zero-order valence-corrected chi connectivity index (χ0v) is 17.1. The number of aryl methyl sites for hydroxylation is 2. The number of Topliss-reactive ketones (excluding diaryl/α,β-unsaturated/α-hetero) is 1. The minimum absolute atomic E-state index is 0.0660. The van der Waals surface area contributed by atoms with Crippen molar-refractivity contribution >= 4 is 33.9 Å². The molecule has 1 aromatic heterocycles. The van der Waals surface area contributed by atoms with Gasteiger partial charge in [0.2, 0.25) is 5.13 Å². The molecule has 0 aliphatic carbocycles. The van der Waals surface area contributed by atoms with Crippen molar-refractivity contribution in [1.82, 2.24) is 10.2 Å². The Labute approximate surface area is 176 Å². The molecule has 152 valence electrons. The molecule has 4 rings (SSSR count). The molecule has 6 nitrogen and oxygen atoms in total. The smallest absolute Gasteiger partial charge is 0.301 e. The largest absolute Gasteiger partial charge is 0.507 e. The van der Waals surface area contributed by atoms with Crippen LogP contribution in [0.2, 0.25) is 0 Å². The lowest BCUT2D eigenvalue weighted by molar-refractivity contribution is -0.132. The van der Waals surface area contributed by atoms with Gasteiger partial charge in [-0.1, -0.05) is 48.1 Å². The Hall–Kier alpha value is -3.39. The zero-order chi connectivity index (χ0) is 21.4. The number of aromatic nitrogens is 2. The highest BCUT2D eigenvalue weighted by atomic mass is 32.1. The molecule has 0 bridgehead atoms. The maximum atomic E-state index is 13.3. The molecular formula is C22H18FN3O3S. The second-order valence-electron chi connectivity index (χ2n) is 6.92. The number of ketones is 1. The molecule has 1 saturated heterocycles. The molecule has 1 aliphatic heterocycles. The molecule has 30 heavy (non-hydrogen) atoms. The minimum Gasteiger partial charge on any atom is -0.507 e. The summed E-state index contributed by atoms with van der Waals surface area (Å²) < 4.78 is 13.3. The van der Waals surface area contributed by atoms with Crippen LogP contribution in [0, 0.1) is 12.7 Å². The maximum Gasteiger partial charge on any atom is 0.301 e. The van der Waals surface area contributed by atoms with Crippen molar-refractivity contribution in [1.29, 1.82) is 0 Å². The number of aliphatic hydroxyl groups is 1. The lowest BCUT2D eigenvalue weighted by Crippen LogP contribution is -2.29. The Balaban J connectivity index is 1.92. The molecule has 1 amide bonds. The number of carbonyl (C=O) groups is 2. The van der Waals surface area contributed by atoms with Crippen LogP contribution >= 0.6 is 11.3 Å². The van der Waals surface area contributed by atoms with Crippen molar-refractivity contribution in [3.05, 3.63) is 81.6 Å². The summed E-state index contributed by atoms with van der Waals surface area (Å²) in [7, 11) is 0. The molecule has 2 heterocycles. The summed E-state index contributed by atoms with van der Waals surface area (Å²) in [5.74, 6) is -2.44. The average molecular weight is 423 g/mol. The summed E-state index contributed by atoms with van der Waals surface area (Å²) in [5, 5.41) is 20.1. The number of nitrogens with zero attached hydrogens (tertiary/aromatic N) is 3. The van der Waals surface area contributed by atoms with Crippen molar-refractivity contribution in [2.45, 2.75) is 26.3 Å². The summed E-state index contributed by atoms with van der Waals surface area (Å²) in [5.41, 5.74) is 1.84. The van der Waals surface area contributed by atoms with Crippen LogP contribution in [-0.2, 0) is 16.0 Å². The number of anilines is 1. The Morgan fingerprint density at radius 3 is 2.37 bits per heavy atom. The van der Waals surface area contributed by atoms with Crippen LogP contribution in [0.15, 0.2) is 54.1 Å². The van der Waals surface area contributed by atoms with E-state index in [1.165, 1.54) is 40.5 Å². The number of aliphatic hydroxyl groups excluding tert-OH is 1. The summed E-state index contributed by atoms with van der Waals surface area (Å²) in [6.07, 6.45) is 0.645. The quantitative estimate of drug-likeness (QED) is 0.387. The summed E-state index contributed by atoms with van der Waals surface area (Å²) in [6, 6.07) is 11.6. The van der Waals surface area contributed by atoms with Gasteiger partial charge < -0.3 is 5.11 Å². The van der Waals surface area contributed by atoms with Crippen LogP contribution in [-0.4, -0.2) is 27.0 Å². The Morgan fingerprint density at radius 1 is 1.10 bits per heavy atom. The topological polar surface area (TPSA) is 83.4 Å². The number of benzene rings is 2. The summed E-state index contributed by atoms with van der Waals surface area (Å²) in [4.78, 5) is 27.2. The van der Waals surface area contributed by atoms with E-state index in [-0.39, 0.29) is 22.0 Å². The van der Waals surface area contributed by atoms with E-state index in [0.717, 1.165) is 10.6 Å². The van der Waals surface area contributed by atoms with E-state index in [4.69, 9.17) is 0 Å². The monoisotopic (exact) mass is 423 g/mol. The number of halogens is 1. The molecule has 1 atom stereocenters. The van der Waals surface area contributed by atoms with Gasteiger partial charge in [0.1, 0.15) is 16.6 Å². The second-order valence-corrected chi connectivity index (χ2v) is 7.96. The van der Waals surface area contributed by atoms with Crippen LogP contribution in [0.25, 0.3) is 5.76 Å². The van der Waals surface area contributed by atoms with Gasteiger partial charge in [0.15, 0.2) is 0 Å². The van der Waals surface area contributed by atoms with Crippen LogP contribution in [0.1, 0.15) is 34.7 Å². The number of hydrogen-bond acceptors (Lipinski definition) is 6. The van der Waals surface area contributed by atoms with Crippen molar-refractivity contribution < 1.29 is 19.1 Å². The van der Waals surface area contributed by atoms with E-state index in [1.54, 1.807) is 12.1 Å². The van der Waals surface area contributed by atoms with Crippen LogP contribution in [0.4, 0.5) is 9.52 Å². The van der Waals surface area contributed by atoms with Crippen molar-refractivity contribution in [2.24, 2.45) is 0 Å². The Kier molecular flexibility index (Phi) is 5.17. The van der Waals surface area contributed by atoms with Gasteiger partial charge in [0.25, 0.3) is 5.78 Å². The molecule has 1 fully saturated rings. The Morgan fingerprint density at radius 2 is 1.77 bits per heavy atom. The molecule has 2 aromatic carbocycles. The SMILES string of the molecule is CCc1nnc(N2C(=O)C(=O)/C(=C(/O)c3ccc(F)cc3)C2c2ccc(C)cc2)s1. The van der Waals surface area contributed by atoms with Gasteiger partial charge >= 0.3 is 5.91 Å². The van der Waals surface area contributed by atoms with E-state index in [0.29, 0.717) is 12.0 Å². The standard InChI is InChI=1S/C22H18FN3O3S/c1-3-16-24-25-22(30-16)26-18(13-6-4-12(2)5-7-13)17(20(28)21(26)29)19(27)14-8-10-15(23)11-9-14/h4-11,18,27H,3H2,1-2H3/b19-17+. The fourth-order valence-corrected chi connectivity index (χ4v) is 4.15. The maximum absolute atomic E-state index is 13.3. The third-order valence-electron chi connectivity index (χ3n) is 4.92. The van der Waals surface area contributed by atoms with Gasteiger partial charge in [0.05, 0.1) is 11.6 Å². The van der Waals surface area contributed by atoms with E-state index in [2.05, 4.69) is 10.2 Å². The van der Waals surface area contributed by atoms with E-state index in [1.807, 2.05) is 26.0 Å². The number of amides is 1. The highest BCUT2D eigenvalue weighted by molar-refractivity contribution is 7.15. The highest BCUT2D eigenvalue weighted by Crippen LogP contribution is 2.43. The highest BCUT2D eigenvalue weighted by Gasteiger charge is 2.48. The molecular weight excluding hydrogens is 405 g/mol. The Bertz CT molecular complexity index is 1150.